The van der Waals surface area contributed by atoms with Gasteiger partial charge in [-0.1, -0.05) is 17.7 Å². The molecule has 0 spiro atoms. The van der Waals surface area contributed by atoms with E-state index in [0.29, 0.717) is 19.0 Å². The predicted octanol–water partition coefficient (Wildman–Crippen LogP) is 2.71. The monoisotopic (exact) mass is 306 g/mol. The van der Waals surface area contributed by atoms with Crippen LogP contribution in [0, 0.1) is 11.7 Å². The SMILES string of the molecule is CC1CC(CN)CN1C(=O)c1cccc(F)c1Cl.Cl. The van der Waals surface area contributed by atoms with Crippen LogP contribution in [0.3, 0.4) is 0 Å². The Morgan fingerprint density at radius 2 is 2.26 bits per heavy atom. The Labute approximate surface area is 123 Å². The summed E-state index contributed by atoms with van der Waals surface area (Å²) in [5.41, 5.74) is 5.85. The minimum absolute atomic E-state index is 0. The van der Waals surface area contributed by atoms with Gasteiger partial charge in [0.2, 0.25) is 0 Å². The van der Waals surface area contributed by atoms with Gasteiger partial charge in [-0.15, -0.1) is 12.4 Å². The van der Waals surface area contributed by atoms with E-state index in [1.54, 1.807) is 11.0 Å². The number of benzene rings is 1. The molecular formula is C13H17Cl2FN2O. The van der Waals surface area contributed by atoms with Crippen LogP contribution in [0.2, 0.25) is 5.02 Å². The van der Waals surface area contributed by atoms with Gasteiger partial charge < -0.3 is 10.6 Å². The Bertz CT molecular complexity index is 470. The van der Waals surface area contributed by atoms with Gasteiger partial charge in [-0.25, -0.2) is 4.39 Å². The molecule has 1 heterocycles. The summed E-state index contributed by atoms with van der Waals surface area (Å²) in [4.78, 5) is 14.0. The summed E-state index contributed by atoms with van der Waals surface area (Å²) in [5.74, 6) is -0.469. The molecular weight excluding hydrogens is 290 g/mol. The summed E-state index contributed by atoms with van der Waals surface area (Å²) in [5, 5.41) is -0.106. The van der Waals surface area contributed by atoms with E-state index < -0.39 is 5.82 Å². The average Bonchev–Trinajstić information content (AvgIpc) is 2.73. The summed E-state index contributed by atoms with van der Waals surface area (Å²) in [6.45, 7) is 3.15. The minimum Gasteiger partial charge on any atom is -0.336 e. The Hall–Kier alpha value is -0.840. The first kappa shape index (κ1) is 16.2. The Balaban J connectivity index is 0.00000180. The number of carbonyl (C=O) groups excluding carboxylic acids is 1. The molecule has 106 valence electrons. The first-order valence-corrected chi connectivity index (χ1v) is 6.37. The van der Waals surface area contributed by atoms with Crippen molar-refractivity contribution in [2.24, 2.45) is 11.7 Å². The van der Waals surface area contributed by atoms with E-state index in [0.717, 1.165) is 6.42 Å². The van der Waals surface area contributed by atoms with Crippen LogP contribution in [0.4, 0.5) is 4.39 Å². The summed E-state index contributed by atoms with van der Waals surface area (Å²) in [7, 11) is 0. The van der Waals surface area contributed by atoms with E-state index in [1.165, 1.54) is 12.1 Å². The van der Waals surface area contributed by atoms with Gasteiger partial charge in [0.15, 0.2) is 0 Å². The van der Waals surface area contributed by atoms with Crippen LogP contribution in [0.15, 0.2) is 18.2 Å². The van der Waals surface area contributed by atoms with E-state index in [4.69, 9.17) is 17.3 Å². The second kappa shape index (κ2) is 6.55. The van der Waals surface area contributed by atoms with Crippen molar-refractivity contribution in [1.29, 1.82) is 0 Å². The fraction of sp³-hybridized carbons (Fsp3) is 0.462. The molecule has 1 aliphatic heterocycles. The maximum absolute atomic E-state index is 13.3. The molecule has 0 bridgehead atoms. The fourth-order valence-corrected chi connectivity index (χ4v) is 2.63. The molecule has 1 saturated heterocycles. The van der Waals surface area contributed by atoms with Crippen molar-refractivity contribution in [3.05, 3.63) is 34.6 Å². The van der Waals surface area contributed by atoms with Crippen molar-refractivity contribution in [3.63, 3.8) is 0 Å². The van der Waals surface area contributed by atoms with E-state index in [1.807, 2.05) is 6.92 Å². The normalized spacial score (nSPS) is 22.2. The number of rotatable bonds is 2. The molecule has 19 heavy (non-hydrogen) atoms. The quantitative estimate of drug-likeness (QED) is 0.913. The van der Waals surface area contributed by atoms with E-state index in [-0.39, 0.29) is 34.9 Å². The molecule has 1 fully saturated rings. The number of amides is 1. The molecule has 2 rings (SSSR count). The van der Waals surface area contributed by atoms with Gasteiger partial charge in [0.25, 0.3) is 5.91 Å². The number of nitrogens with two attached hydrogens (primary N) is 1. The molecule has 2 atom stereocenters. The lowest BCUT2D eigenvalue weighted by Gasteiger charge is -2.22. The highest BCUT2D eigenvalue weighted by molar-refractivity contribution is 6.34. The van der Waals surface area contributed by atoms with Gasteiger partial charge in [-0.05, 0) is 37.9 Å². The first-order valence-electron chi connectivity index (χ1n) is 5.99. The largest absolute Gasteiger partial charge is 0.336 e. The second-order valence-corrected chi connectivity index (χ2v) is 5.12. The van der Waals surface area contributed by atoms with Crippen molar-refractivity contribution in [3.8, 4) is 0 Å². The maximum Gasteiger partial charge on any atom is 0.255 e. The van der Waals surface area contributed by atoms with Crippen molar-refractivity contribution < 1.29 is 9.18 Å². The molecule has 3 nitrogen and oxygen atoms in total. The van der Waals surface area contributed by atoms with Crippen LogP contribution < -0.4 is 5.73 Å². The van der Waals surface area contributed by atoms with Crippen LogP contribution in [0.25, 0.3) is 0 Å². The molecule has 1 aliphatic rings. The number of likely N-dealkylation sites (tertiary alicyclic amines) is 1. The fourth-order valence-electron chi connectivity index (χ4n) is 2.42. The lowest BCUT2D eigenvalue weighted by molar-refractivity contribution is 0.0743. The average molecular weight is 307 g/mol. The van der Waals surface area contributed by atoms with Crippen LogP contribution in [0.1, 0.15) is 23.7 Å². The van der Waals surface area contributed by atoms with Crippen molar-refractivity contribution in [1.82, 2.24) is 4.90 Å². The van der Waals surface area contributed by atoms with Crippen LogP contribution in [0.5, 0.6) is 0 Å². The number of carbonyl (C=O) groups is 1. The van der Waals surface area contributed by atoms with Gasteiger partial charge >= 0.3 is 0 Å². The van der Waals surface area contributed by atoms with Gasteiger partial charge in [0.05, 0.1) is 10.6 Å². The standard InChI is InChI=1S/C13H16ClFN2O.ClH/c1-8-5-9(6-16)7-17(8)13(18)10-3-2-4-11(15)12(10)14;/h2-4,8-9H,5-7,16H2,1H3;1H. The van der Waals surface area contributed by atoms with Crippen LogP contribution in [-0.4, -0.2) is 29.9 Å². The second-order valence-electron chi connectivity index (χ2n) is 4.75. The smallest absolute Gasteiger partial charge is 0.255 e. The lowest BCUT2D eigenvalue weighted by Crippen LogP contribution is -2.34. The third-order valence-corrected chi connectivity index (χ3v) is 3.82. The molecule has 0 aromatic heterocycles. The van der Waals surface area contributed by atoms with Crippen LogP contribution in [-0.2, 0) is 0 Å². The number of hydrogen-bond donors (Lipinski definition) is 1. The Kier molecular flexibility index (Phi) is 5.59. The highest BCUT2D eigenvalue weighted by atomic mass is 35.5. The molecule has 2 N–H and O–H groups in total. The van der Waals surface area contributed by atoms with Gasteiger partial charge in [-0.2, -0.15) is 0 Å². The Morgan fingerprint density at radius 3 is 2.84 bits per heavy atom. The first-order chi connectivity index (χ1) is 8.54. The van der Waals surface area contributed by atoms with E-state index in [9.17, 15) is 9.18 Å². The third-order valence-electron chi connectivity index (χ3n) is 3.44. The Morgan fingerprint density at radius 1 is 1.58 bits per heavy atom. The highest BCUT2D eigenvalue weighted by Gasteiger charge is 2.33. The summed E-state index contributed by atoms with van der Waals surface area (Å²) in [6.07, 6.45) is 0.884. The molecule has 0 saturated carbocycles. The third kappa shape index (κ3) is 3.19. The minimum atomic E-state index is -0.565. The molecule has 2 unspecified atom stereocenters. The molecule has 6 heteroatoms. The van der Waals surface area contributed by atoms with Crippen LogP contribution >= 0.6 is 24.0 Å². The lowest BCUT2D eigenvalue weighted by atomic mass is 10.1. The zero-order valence-corrected chi connectivity index (χ0v) is 12.2. The van der Waals surface area contributed by atoms with Crippen molar-refractivity contribution >= 4 is 29.9 Å². The predicted molar refractivity (Wildman–Crippen MR) is 76.3 cm³/mol. The highest BCUT2D eigenvalue weighted by Crippen LogP contribution is 2.27. The summed E-state index contributed by atoms with van der Waals surface area (Å²) >= 11 is 5.84. The molecule has 1 aromatic carbocycles. The molecule has 1 aromatic rings. The number of hydrogen-bond acceptors (Lipinski definition) is 2. The van der Waals surface area contributed by atoms with Crippen molar-refractivity contribution in [2.75, 3.05) is 13.1 Å². The van der Waals surface area contributed by atoms with E-state index in [2.05, 4.69) is 0 Å². The van der Waals surface area contributed by atoms with Crippen molar-refractivity contribution in [2.45, 2.75) is 19.4 Å². The van der Waals surface area contributed by atoms with Gasteiger partial charge in [0, 0.05) is 12.6 Å². The number of halogens is 3. The van der Waals surface area contributed by atoms with E-state index >= 15 is 0 Å². The number of nitrogens with zero attached hydrogens (tertiary/aromatic N) is 1. The zero-order chi connectivity index (χ0) is 13.3. The maximum atomic E-state index is 13.3. The topological polar surface area (TPSA) is 46.3 Å². The summed E-state index contributed by atoms with van der Waals surface area (Å²) < 4.78 is 13.3. The molecule has 0 aliphatic carbocycles. The molecule has 1 amide bonds. The summed E-state index contributed by atoms with van der Waals surface area (Å²) in [6, 6.07) is 4.41. The van der Waals surface area contributed by atoms with Gasteiger partial charge in [0.1, 0.15) is 5.82 Å². The van der Waals surface area contributed by atoms with Gasteiger partial charge in [-0.3, -0.25) is 4.79 Å². The zero-order valence-electron chi connectivity index (χ0n) is 10.6. The molecule has 0 radical (unpaired) electrons.